The molecule has 2 aliphatic heterocycles. The maximum Gasteiger partial charge on any atom is 0.159 e. The molecule has 2 aliphatic rings. The number of rotatable bonds is 4. The van der Waals surface area contributed by atoms with Gasteiger partial charge in [0.2, 0.25) is 0 Å². The van der Waals surface area contributed by atoms with Gasteiger partial charge in [0.15, 0.2) is 5.78 Å². The van der Waals surface area contributed by atoms with Crippen molar-refractivity contribution in [1.29, 1.82) is 0 Å². The van der Waals surface area contributed by atoms with E-state index in [1.54, 1.807) is 6.92 Å². The van der Waals surface area contributed by atoms with Crippen LogP contribution in [0.5, 0.6) is 0 Å². The molecule has 4 heteroatoms. The molecule has 0 amide bonds. The highest BCUT2D eigenvalue weighted by Crippen LogP contribution is 2.20. The van der Waals surface area contributed by atoms with Crippen LogP contribution in [0.4, 0.5) is 5.69 Å². The summed E-state index contributed by atoms with van der Waals surface area (Å²) in [5.74, 6) is 0.848. The van der Waals surface area contributed by atoms with E-state index in [1.165, 1.54) is 25.1 Å². The predicted octanol–water partition coefficient (Wildman–Crippen LogP) is 2.44. The monoisotopic (exact) mass is 302 g/mol. The summed E-state index contributed by atoms with van der Waals surface area (Å²) in [5.41, 5.74) is 2.02. The lowest BCUT2D eigenvalue weighted by Gasteiger charge is -2.38. The van der Waals surface area contributed by atoms with Crippen LogP contribution in [0.2, 0.25) is 0 Å². The minimum atomic E-state index is 0.131. The molecule has 1 aromatic carbocycles. The first-order chi connectivity index (χ1) is 10.7. The summed E-state index contributed by atoms with van der Waals surface area (Å²) < 4.78 is 5.58. The van der Waals surface area contributed by atoms with Gasteiger partial charge in [-0.2, -0.15) is 0 Å². The van der Waals surface area contributed by atoms with Gasteiger partial charge in [0.05, 0.1) is 6.61 Å². The number of Topliss-reactive ketones (excluding diaryl/α,β-unsaturated/α-hetero) is 1. The Kier molecular flexibility index (Phi) is 5.11. The van der Waals surface area contributed by atoms with Crippen LogP contribution in [0, 0.1) is 5.92 Å². The molecule has 2 fully saturated rings. The Balaban J connectivity index is 1.49. The number of hydrogen-bond acceptors (Lipinski definition) is 4. The Labute approximate surface area is 133 Å². The number of nitrogens with zero attached hydrogens (tertiary/aromatic N) is 2. The normalized spacial score (nSPS) is 23.5. The number of anilines is 1. The van der Waals surface area contributed by atoms with Crippen molar-refractivity contribution in [3.05, 3.63) is 29.8 Å². The van der Waals surface area contributed by atoms with Crippen molar-refractivity contribution in [3.63, 3.8) is 0 Å². The number of ether oxygens (including phenoxy) is 1. The molecule has 2 saturated heterocycles. The van der Waals surface area contributed by atoms with E-state index >= 15 is 0 Å². The Hall–Kier alpha value is -1.39. The highest BCUT2D eigenvalue weighted by molar-refractivity contribution is 5.94. The van der Waals surface area contributed by atoms with Crippen LogP contribution in [0.25, 0.3) is 0 Å². The van der Waals surface area contributed by atoms with Gasteiger partial charge in [0.25, 0.3) is 0 Å². The van der Waals surface area contributed by atoms with E-state index in [9.17, 15) is 4.79 Å². The number of piperazine rings is 1. The standard InChI is InChI=1S/C18H26N2O2/c1-15(21)17-4-6-18(7-5-17)20-10-8-19(9-11-20)13-16-3-2-12-22-14-16/h4-7,16H,2-3,8-14H2,1H3. The smallest absolute Gasteiger partial charge is 0.159 e. The summed E-state index contributed by atoms with van der Waals surface area (Å²) in [4.78, 5) is 16.3. The van der Waals surface area contributed by atoms with Gasteiger partial charge < -0.3 is 9.64 Å². The van der Waals surface area contributed by atoms with E-state index < -0.39 is 0 Å². The third kappa shape index (κ3) is 3.87. The lowest BCUT2D eigenvalue weighted by atomic mass is 10.0. The van der Waals surface area contributed by atoms with E-state index in [0.717, 1.165) is 50.9 Å². The van der Waals surface area contributed by atoms with Crippen molar-refractivity contribution in [1.82, 2.24) is 4.90 Å². The van der Waals surface area contributed by atoms with Crippen LogP contribution in [-0.4, -0.2) is 56.6 Å². The quantitative estimate of drug-likeness (QED) is 0.800. The summed E-state index contributed by atoms with van der Waals surface area (Å²) in [5, 5.41) is 0. The number of carbonyl (C=O) groups excluding carboxylic acids is 1. The highest BCUT2D eigenvalue weighted by atomic mass is 16.5. The zero-order valence-electron chi connectivity index (χ0n) is 13.5. The zero-order valence-corrected chi connectivity index (χ0v) is 13.5. The van der Waals surface area contributed by atoms with Crippen molar-refractivity contribution in [3.8, 4) is 0 Å². The third-order valence-electron chi connectivity index (χ3n) is 4.78. The topological polar surface area (TPSA) is 32.8 Å². The molecule has 0 aliphatic carbocycles. The second-order valence-corrected chi connectivity index (χ2v) is 6.47. The number of hydrogen-bond donors (Lipinski definition) is 0. The molecule has 2 heterocycles. The number of carbonyl (C=O) groups is 1. The minimum absolute atomic E-state index is 0.131. The second kappa shape index (κ2) is 7.25. The molecule has 3 rings (SSSR count). The van der Waals surface area contributed by atoms with Gasteiger partial charge >= 0.3 is 0 Å². The molecule has 0 aromatic heterocycles. The summed E-state index contributed by atoms with van der Waals surface area (Å²) in [6.45, 7) is 9.03. The van der Waals surface area contributed by atoms with Crippen molar-refractivity contribution < 1.29 is 9.53 Å². The van der Waals surface area contributed by atoms with E-state index in [-0.39, 0.29) is 5.78 Å². The molecule has 0 saturated carbocycles. The zero-order chi connectivity index (χ0) is 15.4. The van der Waals surface area contributed by atoms with Crippen molar-refractivity contribution in [2.24, 2.45) is 5.92 Å². The first-order valence-corrected chi connectivity index (χ1v) is 8.38. The van der Waals surface area contributed by atoms with Crippen LogP contribution in [0.3, 0.4) is 0 Å². The number of benzene rings is 1. The molecule has 120 valence electrons. The van der Waals surface area contributed by atoms with Crippen molar-refractivity contribution in [2.75, 3.05) is 50.8 Å². The Morgan fingerprint density at radius 1 is 1.18 bits per heavy atom. The maximum absolute atomic E-state index is 11.3. The van der Waals surface area contributed by atoms with Gasteiger partial charge in [-0.05, 0) is 49.9 Å². The van der Waals surface area contributed by atoms with Crippen LogP contribution in [0.15, 0.2) is 24.3 Å². The average Bonchev–Trinajstić information content (AvgIpc) is 2.57. The number of ketones is 1. The molecule has 4 nitrogen and oxygen atoms in total. The van der Waals surface area contributed by atoms with E-state index in [4.69, 9.17) is 4.74 Å². The second-order valence-electron chi connectivity index (χ2n) is 6.47. The summed E-state index contributed by atoms with van der Waals surface area (Å²) in [6.07, 6.45) is 2.53. The Morgan fingerprint density at radius 2 is 1.91 bits per heavy atom. The molecule has 0 radical (unpaired) electrons. The lowest BCUT2D eigenvalue weighted by Crippen LogP contribution is -2.48. The first kappa shape index (κ1) is 15.5. The molecule has 1 unspecified atom stereocenters. The molecule has 1 atom stereocenters. The van der Waals surface area contributed by atoms with Gasteiger partial charge in [-0.25, -0.2) is 0 Å². The largest absolute Gasteiger partial charge is 0.381 e. The van der Waals surface area contributed by atoms with Crippen molar-refractivity contribution in [2.45, 2.75) is 19.8 Å². The summed E-state index contributed by atoms with van der Waals surface area (Å²) >= 11 is 0. The van der Waals surface area contributed by atoms with Gasteiger partial charge in [-0.3, -0.25) is 9.69 Å². The minimum Gasteiger partial charge on any atom is -0.381 e. The van der Waals surface area contributed by atoms with Gasteiger partial charge in [0, 0.05) is 50.6 Å². The SMILES string of the molecule is CC(=O)c1ccc(N2CCN(CC3CCCOC3)CC2)cc1. The fourth-order valence-corrected chi connectivity index (χ4v) is 3.41. The Bertz CT molecular complexity index is 486. The van der Waals surface area contributed by atoms with Crippen molar-refractivity contribution >= 4 is 11.5 Å². The van der Waals surface area contributed by atoms with E-state index in [0.29, 0.717) is 0 Å². The van der Waals surface area contributed by atoms with Crippen LogP contribution >= 0.6 is 0 Å². The molecular weight excluding hydrogens is 276 g/mol. The van der Waals surface area contributed by atoms with Crippen LogP contribution < -0.4 is 4.90 Å². The van der Waals surface area contributed by atoms with E-state index in [2.05, 4.69) is 21.9 Å². The average molecular weight is 302 g/mol. The van der Waals surface area contributed by atoms with E-state index in [1.807, 2.05) is 12.1 Å². The molecule has 0 bridgehead atoms. The maximum atomic E-state index is 11.3. The van der Waals surface area contributed by atoms with Crippen LogP contribution in [0.1, 0.15) is 30.1 Å². The lowest BCUT2D eigenvalue weighted by molar-refractivity contribution is 0.0377. The van der Waals surface area contributed by atoms with Crippen LogP contribution in [-0.2, 0) is 4.74 Å². The molecule has 1 aromatic rings. The molecule has 0 spiro atoms. The first-order valence-electron chi connectivity index (χ1n) is 8.38. The molecular formula is C18H26N2O2. The molecule has 0 N–H and O–H groups in total. The summed E-state index contributed by atoms with van der Waals surface area (Å²) in [6, 6.07) is 8.01. The fraction of sp³-hybridized carbons (Fsp3) is 0.611. The predicted molar refractivity (Wildman–Crippen MR) is 88.6 cm³/mol. The fourth-order valence-electron chi connectivity index (χ4n) is 3.41. The summed E-state index contributed by atoms with van der Waals surface area (Å²) in [7, 11) is 0. The third-order valence-corrected chi connectivity index (χ3v) is 4.78. The Morgan fingerprint density at radius 3 is 2.50 bits per heavy atom. The van der Waals surface area contributed by atoms with Gasteiger partial charge in [-0.1, -0.05) is 0 Å². The van der Waals surface area contributed by atoms with Gasteiger partial charge in [0.1, 0.15) is 0 Å². The van der Waals surface area contributed by atoms with Gasteiger partial charge in [-0.15, -0.1) is 0 Å². The highest BCUT2D eigenvalue weighted by Gasteiger charge is 2.22. The molecule has 22 heavy (non-hydrogen) atoms.